The van der Waals surface area contributed by atoms with Crippen LogP contribution in [0.1, 0.15) is 19.3 Å². The summed E-state index contributed by atoms with van der Waals surface area (Å²) in [6, 6.07) is 13.5. The SMILES string of the molecule is COc1ccc(S(=O)(=O)C2CCN(C(=O)CCn3cnc4ccccc4c3=O)CC2)cc1. The summed E-state index contributed by atoms with van der Waals surface area (Å²) >= 11 is 0. The lowest BCUT2D eigenvalue weighted by Gasteiger charge is -2.32. The Morgan fingerprint density at radius 3 is 2.47 bits per heavy atom. The number of rotatable bonds is 6. The summed E-state index contributed by atoms with van der Waals surface area (Å²) in [5.74, 6) is 0.510. The summed E-state index contributed by atoms with van der Waals surface area (Å²) in [4.78, 5) is 31.5. The normalized spacial score (nSPS) is 15.1. The van der Waals surface area contributed by atoms with Crippen LogP contribution < -0.4 is 10.3 Å². The van der Waals surface area contributed by atoms with E-state index in [0.29, 0.717) is 42.6 Å². The Kier molecular flexibility index (Phi) is 6.27. The molecular weight excluding hydrogens is 430 g/mol. The zero-order chi connectivity index (χ0) is 22.7. The third kappa shape index (κ3) is 4.38. The molecule has 8 nitrogen and oxygen atoms in total. The molecular formula is C23H25N3O5S. The van der Waals surface area contributed by atoms with Crippen LogP contribution in [-0.4, -0.2) is 54.2 Å². The highest BCUT2D eigenvalue weighted by atomic mass is 32.2. The number of ether oxygens (including phenoxy) is 1. The van der Waals surface area contributed by atoms with Crippen molar-refractivity contribution in [3.63, 3.8) is 0 Å². The molecule has 9 heteroatoms. The van der Waals surface area contributed by atoms with E-state index in [1.807, 2.05) is 6.07 Å². The molecule has 0 aliphatic carbocycles. The van der Waals surface area contributed by atoms with E-state index in [4.69, 9.17) is 4.74 Å². The van der Waals surface area contributed by atoms with E-state index in [0.717, 1.165) is 0 Å². The molecule has 1 aliphatic heterocycles. The molecule has 0 unspecified atom stereocenters. The van der Waals surface area contributed by atoms with Crippen LogP contribution >= 0.6 is 0 Å². The number of piperidine rings is 1. The number of methoxy groups -OCH3 is 1. The van der Waals surface area contributed by atoms with E-state index in [2.05, 4.69) is 4.98 Å². The first kappa shape index (κ1) is 22.0. The van der Waals surface area contributed by atoms with Gasteiger partial charge >= 0.3 is 0 Å². The highest BCUT2D eigenvalue weighted by molar-refractivity contribution is 7.92. The molecule has 0 N–H and O–H groups in total. The lowest BCUT2D eigenvalue weighted by molar-refractivity contribution is -0.132. The van der Waals surface area contributed by atoms with Crippen molar-refractivity contribution >= 4 is 26.6 Å². The summed E-state index contributed by atoms with van der Waals surface area (Å²) in [5.41, 5.74) is 0.452. The molecule has 1 fully saturated rings. The molecule has 1 aliphatic rings. The zero-order valence-corrected chi connectivity index (χ0v) is 18.6. The second-order valence-corrected chi connectivity index (χ2v) is 10.0. The molecule has 1 amide bonds. The molecule has 2 heterocycles. The second kappa shape index (κ2) is 9.12. The monoisotopic (exact) mass is 455 g/mol. The van der Waals surface area contributed by atoms with Gasteiger partial charge in [-0.05, 0) is 49.2 Å². The number of sulfone groups is 1. The van der Waals surface area contributed by atoms with Crippen molar-refractivity contribution in [1.82, 2.24) is 14.5 Å². The van der Waals surface area contributed by atoms with Crippen LogP contribution in [0.25, 0.3) is 10.9 Å². The first-order valence-corrected chi connectivity index (χ1v) is 12.0. The molecule has 4 rings (SSSR count). The van der Waals surface area contributed by atoms with Gasteiger partial charge in [0.2, 0.25) is 5.91 Å². The van der Waals surface area contributed by atoms with Gasteiger partial charge in [-0.25, -0.2) is 13.4 Å². The van der Waals surface area contributed by atoms with Crippen LogP contribution in [0.5, 0.6) is 5.75 Å². The third-order valence-corrected chi connectivity index (χ3v) is 8.20. The standard InChI is InChI=1S/C23H25N3O5S/c1-31-17-6-8-18(9-7-17)32(29,30)19-10-13-25(14-11-19)22(27)12-15-26-16-24-21-5-3-2-4-20(21)23(26)28/h2-9,16,19H,10-15H2,1H3. The number of hydrogen-bond donors (Lipinski definition) is 0. The number of aryl methyl sites for hydroxylation is 1. The van der Waals surface area contributed by atoms with Gasteiger partial charge in [-0.15, -0.1) is 0 Å². The van der Waals surface area contributed by atoms with E-state index >= 15 is 0 Å². The Morgan fingerprint density at radius 1 is 1.09 bits per heavy atom. The summed E-state index contributed by atoms with van der Waals surface area (Å²) in [7, 11) is -1.93. The van der Waals surface area contributed by atoms with Gasteiger partial charge in [-0.3, -0.25) is 14.2 Å². The summed E-state index contributed by atoms with van der Waals surface area (Å²) in [6.07, 6.45) is 2.40. The third-order valence-electron chi connectivity index (χ3n) is 5.92. The smallest absolute Gasteiger partial charge is 0.261 e. The molecule has 0 atom stereocenters. The predicted molar refractivity (Wildman–Crippen MR) is 120 cm³/mol. The number of amides is 1. The van der Waals surface area contributed by atoms with Gasteiger partial charge in [0.15, 0.2) is 9.84 Å². The van der Waals surface area contributed by atoms with E-state index in [-0.39, 0.29) is 29.3 Å². The number of fused-ring (bicyclic) bond motifs is 1. The van der Waals surface area contributed by atoms with E-state index in [9.17, 15) is 18.0 Å². The molecule has 0 radical (unpaired) electrons. The number of benzene rings is 2. The van der Waals surface area contributed by atoms with E-state index in [1.54, 1.807) is 47.4 Å². The maximum absolute atomic E-state index is 12.9. The Hall–Kier alpha value is -3.20. The molecule has 0 saturated carbocycles. The number of aromatic nitrogens is 2. The lowest BCUT2D eigenvalue weighted by atomic mass is 10.1. The molecule has 1 saturated heterocycles. The van der Waals surface area contributed by atoms with Crippen molar-refractivity contribution in [2.45, 2.75) is 36.0 Å². The van der Waals surface area contributed by atoms with Gasteiger partial charge in [0.05, 0.1) is 34.5 Å². The van der Waals surface area contributed by atoms with E-state index < -0.39 is 15.1 Å². The Balaban J connectivity index is 1.35. The molecule has 3 aromatic rings. The molecule has 32 heavy (non-hydrogen) atoms. The average molecular weight is 456 g/mol. The molecule has 0 spiro atoms. The number of para-hydroxylation sites is 1. The molecule has 1 aromatic heterocycles. The van der Waals surface area contributed by atoms with Crippen molar-refractivity contribution in [3.05, 3.63) is 65.2 Å². The Bertz CT molecular complexity index is 1280. The fourth-order valence-electron chi connectivity index (χ4n) is 4.01. The van der Waals surface area contributed by atoms with Gasteiger partial charge in [0, 0.05) is 26.1 Å². The quantitative estimate of drug-likeness (QED) is 0.565. The van der Waals surface area contributed by atoms with Crippen LogP contribution in [0.15, 0.2) is 64.5 Å². The summed E-state index contributed by atoms with van der Waals surface area (Å²) < 4.78 is 32.4. The van der Waals surface area contributed by atoms with Crippen molar-refractivity contribution < 1.29 is 17.9 Å². The summed E-state index contributed by atoms with van der Waals surface area (Å²) in [5, 5.41) is -0.000691. The lowest BCUT2D eigenvalue weighted by Crippen LogP contribution is -2.43. The van der Waals surface area contributed by atoms with Gasteiger partial charge in [0.1, 0.15) is 5.75 Å². The minimum Gasteiger partial charge on any atom is -0.497 e. The highest BCUT2D eigenvalue weighted by Crippen LogP contribution is 2.26. The van der Waals surface area contributed by atoms with Crippen molar-refractivity contribution in [2.75, 3.05) is 20.2 Å². The highest BCUT2D eigenvalue weighted by Gasteiger charge is 2.32. The average Bonchev–Trinajstić information content (AvgIpc) is 2.83. The number of hydrogen-bond acceptors (Lipinski definition) is 6. The number of likely N-dealkylation sites (tertiary alicyclic amines) is 1. The van der Waals surface area contributed by atoms with Crippen LogP contribution in [0.4, 0.5) is 0 Å². The predicted octanol–water partition coefficient (Wildman–Crippen LogP) is 2.26. The van der Waals surface area contributed by atoms with Gasteiger partial charge in [0.25, 0.3) is 5.56 Å². The van der Waals surface area contributed by atoms with Crippen molar-refractivity contribution in [2.24, 2.45) is 0 Å². The number of carbonyl (C=O) groups excluding carboxylic acids is 1. The van der Waals surface area contributed by atoms with Gasteiger partial charge in [-0.1, -0.05) is 12.1 Å². The van der Waals surface area contributed by atoms with E-state index in [1.165, 1.54) is 18.0 Å². The maximum atomic E-state index is 12.9. The van der Waals surface area contributed by atoms with Crippen LogP contribution in [-0.2, 0) is 21.2 Å². The maximum Gasteiger partial charge on any atom is 0.261 e. The fraction of sp³-hybridized carbons (Fsp3) is 0.348. The second-order valence-electron chi connectivity index (χ2n) is 7.81. The summed E-state index contributed by atoms with van der Waals surface area (Å²) in [6.45, 7) is 0.993. The molecule has 168 valence electrons. The van der Waals surface area contributed by atoms with Crippen molar-refractivity contribution in [3.8, 4) is 5.75 Å². The largest absolute Gasteiger partial charge is 0.497 e. The zero-order valence-electron chi connectivity index (χ0n) is 17.8. The van der Waals surface area contributed by atoms with Gasteiger partial charge in [-0.2, -0.15) is 0 Å². The Labute approximate surface area is 186 Å². The first-order chi connectivity index (χ1) is 15.4. The van der Waals surface area contributed by atoms with Crippen LogP contribution in [0.2, 0.25) is 0 Å². The van der Waals surface area contributed by atoms with Gasteiger partial charge < -0.3 is 9.64 Å². The first-order valence-electron chi connectivity index (χ1n) is 10.5. The topological polar surface area (TPSA) is 98.6 Å². The van der Waals surface area contributed by atoms with Crippen molar-refractivity contribution in [1.29, 1.82) is 0 Å². The van der Waals surface area contributed by atoms with Crippen LogP contribution in [0, 0.1) is 0 Å². The molecule has 2 aromatic carbocycles. The molecule has 0 bridgehead atoms. The minimum atomic E-state index is -3.47. The fourth-order valence-corrected chi connectivity index (χ4v) is 5.74. The van der Waals surface area contributed by atoms with Crippen LogP contribution in [0.3, 0.4) is 0 Å². The Morgan fingerprint density at radius 2 is 1.78 bits per heavy atom. The number of carbonyl (C=O) groups is 1. The minimum absolute atomic E-state index is 0.0923. The number of nitrogens with zero attached hydrogens (tertiary/aromatic N) is 3.